The number of nitrogens with one attached hydrogen (secondary N) is 1. The van der Waals surface area contributed by atoms with Crippen molar-refractivity contribution in [2.45, 2.75) is 4.90 Å². The predicted molar refractivity (Wildman–Crippen MR) is 80.4 cm³/mol. The van der Waals surface area contributed by atoms with Gasteiger partial charge in [0.05, 0.1) is 4.47 Å². The Labute approximate surface area is 124 Å². The van der Waals surface area contributed by atoms with Crippen molar-refractivity contribution in [3.63, 3.8) is 0 Å². The number of hydrogen-bond donors (Lipinski definition) is 1. The summed E-state index contributed by atoms with van der Waals surface area (Å²) in [6.07, 6.45) is 1.64. The molecule has 0 radical (unpaired) electrons. The minimum absolute atomic E-state index is 0.247. The van der Waals surface area contributed by atoms with Crippen LogP contribution in [-0.4, -0.2) is 22.3 Å². The Kier molecular flexibility index (Phi) is 5.28. The number of halogens is 2. The molecular weight excluding hydrogens is 334 g/mol. The van der Waals surface area contributed by atoms with Gasteiger partial charge in [-0.2, -0.15) is 4.98 Å². The smallest absolute Gasteiger partial charge is 0.224 e. The number of benzene rings is 1. The molecule has 0 aliphatic heterocycles. The SMILES string of the molecule is Clc1ncc(Br)c(NCCSc2ccccc2)n1. The highest BCUT2D eigenvalue weighted by Gasteiger charge is 2.02. The molecule has 18 heavy (non-hydrogen) atoms. The van der Waals surface area contributed by atoms with Crippen LogP contribution in [0.3, 0.4) is 0 Å². The Bertz CT molecular complexity index is 510. The van der Waals surface area contributed by atoms with E-state index >= 15 is 0 Å². The Hall–Kier alpha value is -0.780. The van der Waals surface area contributed by atoms with Gasteiger partial charge in [-0.25, -0.2) is 4.98 Å². The standard InChI is InChI=1S/C12H11BrClN3S/c13-10-8-16-12(14)17-11(10)15-6-7-18-9-4-2-1-3-5-9/h1-5,8H,6-7H2,(H,15,16,17). The Morgan fingerprint density at radius 3 is 2.83 bits per heavy atom. The lowest BCUT2D eigenvalue weighted by Gasteiger charge is -2.07. The average molecular weight is 345 g/mol. The lowest BCUT2D eigenvalue weighted by molar-refractivity contribution is 1.10. The van der Waals surface area contributed by atoms with Crippen LogP contribution in [0.25, 0.3) is 0 Å². The van der Waals surface area contributed by atoms with Gasteiger partial charge in [0.2, 0.25) is 5.28 Å². The molecule has 3 nitrogen and oxygen atoms in total. The van der Waals surface area contributed by atoms with Gasteiger partial charge in [-0.3, -0.25) is 0 Å². The van der Waals surface area contributed by atoms with Crippen LogP contribution in [-0.2, 0) is 0 Å². The molecule has 1 heterocycles. The summed E-state index contributed by atoms with van der Waals surface area (Å²) >= 11 is 10.9. The maximum absolute atomic E-state index is 5.74. The summed E-state index contributed by atoms with van der Waals surface area (Å²) in [6, 6.07) is 10.3. The van der Waals surface area contributed by atoms with Crippen LogP contribution in [0.4, 0.5) is 5.82 Å². The number of nitrogens with zero attached hydrogens (tertiary/aromatic N) is 2. The van der Waals surface area contributed by atoms with Gasteiger partial charge in [-0.05, 0) is 39.7 Å². The average Bonchev–Trinajstić information content (AvgIpc) is 2.40. The van der Waals surface area contributed by atoms with Crippen molar-refractivity contribution in [2.75, 3.05) is 17.6 Å². The fourth-order valence-electron chi connectivity index (χ4n) is 1.32. The minimum atomic E-state index is 0.247. The summed E-state index contributed by atoms with van der Waals surface area (Å²) in [6.45, 7) is 0.811. The summed E-state index contributed by atoms with van der Waals surface area (Å²) in [5.74, 6) is 1.68. The van der Waals surface area contributed by atoms with Gasteiger partial charge >= 0.3 is 0 Å². The molecule has 0 saturated heterocycles. The first-order valence-electron chi connectivity index (χ1n) is 5.35. The van der Waals surface area contributed by atoms with Crippen molar-refractivity contribution in [3.05, 3.63) is 46.3 Å². The van der Waals surface area contributed by atoms with Crippen LogP contribution >= 0.6 is 39.3 Å². The lowest BCUT2D eigenvalue weighted by Crippen LogP contribution is -2.06. The molecule has 0 aliphatic carbocycles. The van der Waals surface area contributed by atoms with Gasteiger partial charge in [-0.15, -0.1) is 11.8 Å². The Balaban J connectivity index is 1.80. The first-order valence-corrected chi connectivity index (χ1v) is 7.51. The molecule has 94 valence electrons. The monoisotopic (exact) mass is 343 g/mol. The molecular formula is C12H11BrClN3S. The highest BCUT2D eigenvalue weighted by Crippen LogP contribution is 2.21. The maximum atomic E-state index is 5.74. The third-order valence-electron chi connectivity index (χ3n) is 2.12. The maximum Gasteiger partial charge on any atom is 0.224 e. The molecule has 0 unspecified atom stereocenters. The van der Waals surface area contributed by atoms with Gasteiger partial charge in [-0.1, -0.05) is 18.2 Å². The van der Waals surface area contributed by atoms with Crippen molar-refractivity contribution >= 4 is 45.1 Å². The molecule has 6 heteroatoms. The largest absolute Gasteiger partial charge is 0.368 e. The number of hydrogen-bond acceptors (Lipinski definition) is 4. The molecule has 2 aromatic rings. The Morgan fingerprint density at radius 2 is 2.06 bits per heavy atom. The van der Waals surface area contributed by atoms with Crippen LogP contribution in [0.15, 0.2) is 45.9 Å². The van der Waals surface area contributed by atoms with Gasteiger partial charge in [0.1, 0.15) is 5.82 Å². The van der Waals surface area contributed by atoms with Crippen LogP contribution in [0.1, 0.15) is 0 Å². The van der Waals surface area contributed by atoms with Gasteiger partial charge < -0.3 is 5.32 Å². The zero-order valence-corrected chi connectivity index (χ0v) is 12.6. The fourth-order valence-corrected chi connectivity index (χ4v) is 2.58. The van der Waals surface area contributed by atoms with Crippen LogP contribution in [0, 0.1) is 0 Å². The highest BCUT2D eigenvalue weighted by molar-refractivity contribution is 9.10. The van der Waals surface area contributed by atoms with E-state index in [0.717, 1.165) is 22.6 Å². The van der Waals surface area contributed by atoms with E-state index in [1.54, 1.807) is 18.0 Å². The van der Waals surface area contributed by atoms with E-state index in [-0.39, 0.29) is 5.28 Å². The highest BCUT2D eigenvalue weighted by atomic mass is 79.9. The summed E-state index contributed by atoms with van der Waals surface area (Å²) < 4.78 is 0.816. The molecule has 0 fully saturated rings. The van der Waals surface area contributed by atoms with Crippen LogP contribution < -0.4 is 5.32 Å². The fraction of sp³-hybridized carbons (Fsp3) is 0.167. The Morgan fingerprint density at radius 1 is 1.28 bits per heavy atom. The summed E-state index contributed by atoms with van der Waals surface area (Å²) in [4.78, 5) is 9.24. The van der Waals surface area contributed by atoms with Gasteiger partial charge in [0.15, 0.2) is 0 Å². The van der Waals surface area contributed by atoms with E-state index < -0.39 is 0 Å². The molecule has 1 N–H and O–H groups in total. The molecule has 0 amide bonds. The zero-order chi connectivity index (χ0) is 12.8. The first kappa shape index (κ1) is 13.6. The number of thioether (sulfide) groups is 1. The van der Waals surface area contributed by atoms with E-state index in [4.69, 9.17) is 11.6 Å². The van der Waals surface area contributed by atoms with E-state index in [1.165, 1.54) is 4.90 Å². The van der Waals surface area contributed by atoms with E-state index in [1.807, 2.05) is 18.2 Å². The lowest BCUT2D eigenvalue weighted by atomic mass is 10.4. The van der Waals surface area contributed by atoms with E-state index in [9.17, 15) is 0 Å². The molecule has 0 aliphatic rings. The normalized spacial score (nSPS) is 10.3. The van der Waals surface area contributed by atoms with E-state index in [2.05, 4.69) is 43.3 Å². The second-order valence-corrected chi connectivity index (χ2v) is 5.78. The summed E-state index contributed by atoms with van der Waals surface area (Å²) in [5.41, 5.74) is 0. The third-order valence-corrected chi connectivity index (χ3v) is 3.90. The summed E-state index contributed by atoms with van der Waals surface area (Å²) in [7, 11) is 0. The molecule has 2 rings (SSSR count). The van der Waals surface area contributed by atoms with E-state index in [0.29, 0.717) is 0 Å². The van der Waals surface area contributed by atoms with Crippen LogP contribution in [0.2, 0.25) is 5.28 Å². The minimum Gasteiger partial charge on any atom is -0.368 e. The molecule has 0 atom stereocenters. The quantitative estimate of drug-likeness (QED) is 0.503. The predicted octanol–water partition coefficient (Wildman–Crippen LogP) is 4.10. The van der Waals surface area contributed by atoms with Crippen molar-refractivity contribution in [3.8, 4) is 0 Å². The van der Waals surface area contributed by atoms with Gasteiger partial charge in [0, 0.05) is 23.4 Å². The molecule has 0 saturated carbocycles. The van der Waals surface area contributed by atoms with Gasteiger partial charge in [0.25, 0.3) is 0 Å². The third kappa shape index (κ3) is 4.15. The molecule has 1 aromatic carbocycles. The summed E-state index contributed by atoms with van der Waals surface area (Å²) in [5, 5.41) is 3.47. The zero-order valence-electron chi connectivity index (χ0n) is 9.44. The van der Waals surface area contributed by atoms with Crippen molar-refractivity contribution in [1.29, 1.82) is 0 Å². The molecule has 0 spiro atoms. The number of anilines is 1. The van der Waals surface area contributed by atoms with Crippen LogP contribution in [0.5, 0.6) is 0 Å². The number of rotatable bonds is 5. The van der Waals surface area contributed by atoms with Crippen molar-refractivity contribution < 1.29 is 0 Å². The molecule has 1 aromatic heterocycles. The first-order chi connectivity index (χ1) is 8.75. The van der Waals surface area contributed by atoms with Crippen molar-refractivity contribution in [1.82, 2.24) is 9.97 Å². The topological polar surface area (TPSA) is 37.8 Å². The second-order valence-electron chi connectivity index (χ2n) is 3.42. The number of aromatic nitrogens is 2. The second kappa shape index (κ2) is 6.97. The van der Waals surface area contributed by atoms with Crippen molar-refractivity contribution in [2.24, 2.45) is 0 Å². The molecule has 0 bridgehead atoms.